The van der Waals surface area contributed by atoms with Gasteiger partial charge < -0.3 is 15.4 Å². The van der Waals surface area contributed by atoms with Crippen LogP contribution in [0, 0.1) is 0 Å². The van der Waals surface area contributed by atoms with Crippen molar-refractivity contribution in [3.63, 3.8) is 0 Å². The summed E-state index contributed by atoms with van der Waals surface area (Å²) in [6.07, 6.45) is 2.96. The van der Waals surface area contributed by atoms with Crippen molar-refractivity contribution in [1.82, 2.24) is 10.6 Å². The van der Waals surface area contributed by atoms with Crippen LogP contribution in [0.3, 0.4) is 0 Å². The first-order valence-electron chi connectivity index (χ1n) is 8.69. The lowest BCUT2D eigenvalue weighted by Crippen LogP contribution is -2.45. The van der Waals surface area contributed by atoms with Crippen LogP contribution in [0.15, 0.2) is 59.6 Å². The molecule has 2 aliphatic rings. The Hall–Kier alpha value is -2.20. The Kier molecular flexibility index (Phi) is 5.82. The standard InChI is InChI=1S/C20H23N3O.ClH/c1-2-6-15(7-3-1)12-18-14-21-20(23-18)22-17-10-11-24-19-9-5-4-8-16(19)13-17;/h1-9,17-18H,10-14H2,(H2,21,22,23);1H. The molecule has 2 aliphatic heterocycles. The molecule has 0 saturated carbocycles. The smallest absolute Gasteiger partial charge is 0.191 e. The molecule has 2 aromatic carbocycles. The van der Waals surface area contributed by atoms with Crippen molar-refractivity contribution in [2.45, 2.75) is 31.3 Å². The van der Waals surface area contributed by atoms with E-state index >= 15 is 0 Å². The second-order valence-corrected chi connectivity index (χ2v) is 6.51. The minimum absolute atomic E-state index is 0. The molecule has 0 spiro atoms. The van der Waals surface area contributed by atoms with Crippen molar-refractivity contribution in [2.24, 2.45) is 4.99 Å². The first kappa shape index (κ1) is 17.6. The van der Waals surface area contributed by atoms with Gasteiger partial charge in [-0.2, -0.15) is 0 Å². The zero-order valence-electron chi connectivity index (χ0n) is 14.2. The van der Waals surface area contributed by atoms with E-state index in [1.54, 1.807) is 0 Å². The SMILES string of the molecule is Cl.c1ccc(CC2CN=C(NC3CCOc4ccccc4C3)N2)cc1. The minimum Gasteiger partial charge on any atom is -0.493 e. The second kappa shape index (κ2) is 8.26. The molecule has 2 atom stereocenters. The van der Waals surface area contributed by atoms with Crippen LogP contribution in [0.2, 0.25) is 0 Å². The van der Waals surface area contributed by atoms with Crippen LogP contribution in [0.1, 0.15) is 17.5 Å². The number of halogens is 1. The number of benzene rings is 2. The van der Waals surface area contributed by atoms with E-state index in [2.05, 4.69) is 64.2 Å². The summed E-state index contributed by atoms with van der Waals surface area (Å²) >= 11 is 0. The third kappa shape index (κ3) is 4.45. The van der Waals surface area contributed by atoms with Crippen molar-refractivity contribution in [1.29, 1.82) is 0 Å². The summed E-state index contributed by atoms with van der Waals surface area (Å²) in [5, 5.41) is 7.10. The third-order valence-corrected chi connectivity index (χ3v) is 4.64. The normalized spacial score (nSPS) is 21.7. The fourth-order valence-corrected chi connectivity index (χ4v) is 3.40. The van der Waals surface area contributed by atoms with E-state index in [1.807, 2.05) is 6.07 Å². The molecule has 2 N–H and O–H groups in total. The molecular formula is C20H24ClN3O. The Labute approximate surface area is 155 Å². The molecular weight excluding hydrogens is 334 g/mol. The molecule has 0 saturated heterocycles. The van der Waals surface area contributed by atoms with E-state index in [0.717, 1.165) is 44.1 Å². The molecule has 0 amide bonds. The molecule has 4 nitrogen and oxygen atoms in total. The lowest BCUT2D eigenvalue weighted by atomic mass is 10.0. The molecule has 0 aromatic heterocycles. The largest absolute Gasteiger partial charge is 0.493 e. The van der Waals surface area contributed by atoms with Gasteiger partial charge in [0.25, 0.3) is 0 Å². The van der Waals surface area contributed by atoms with Crippen LogP contribution in [0.5, 0.6) is 5.75 Å². The van der Waals surface area contributed by atoms with Gasteiger partial charge in [0.2, 0.25) is 0 Å². The molecule has 0 bridgehead atoms. The van der Waals surface area contributed by atoms with Gasteiger partial charge in [-0.05, 0) is 30.0 Å². The summed E-state index contributed by atoms with van der Waals surface area (Å²) in [6.45, 7) is 1.58. The van der Waals surface area contributed by atoms with Crippen LogP contribution >= 0.6 is 12.4 Å². The minimum atomic E-state index is 0. The van der Waals surface area contributed by atoms with Crippen molar-refractivity contribution in [3.8, 4) is 5.75 Å². The molecule has 2 unspecified atom stereocenters. The summed E-state index contributed by atoms with van der Waals surface area (Å²) in [6, 6.07) is 19.6. The number of para-hydroxylation sites is 1. The third-order valence-electron chi connectivity index (χ3n) is 4.64. The fraction of sp³-hybridized carbons (Fsp3) is 0.350. The van der Waals surface area contributed by atoms with Crippen LogP contribution in [0.4, 0.5) is 0 Å². The number of hydrogen-bond donors (Lipinski definition) is 2. The zero-order valence-corrected chi connectivity index (χ0v) is 15.0. The van der Waals surface area contributed by atoms with Gasteiger partial charge in [-0.15, -0.1) is 12.4 Å². The number of ether oxygens (including phenoxy) is 1. The number of rotatable bonds is 3. The molecule has 2 heterocycles. The van der Waals surface area contributed by atoms with Crippen molar-refractivity contribution >= 4 is 18.4 Å². The quantitative estimate of drug-likeness (QED) is 0.887. The number of fused-ring (bicyclic) bond motifs is 1. The van der Waals surface area contributed by atoms with Crippen molar-refractivity contribution in [3.05, 3.63) is 65.7 Å². The summed E-state index contributed by atoms with van der Waals surface area (Å²) in [5.74, 6) is 1.95. The number of nitrogens with zero attached hydrogens (tertiary/aromatic N) is 1. The summed E-state index contributed by atoms with van der Waals surface area (Å²) in [5.41, 5.74) is 2.62. The van der Waals surface area contributed by atoms with Crippen molar-refractivity contribution in [2.75, 3.05) is 13.2 Å². The summed E-state index contributed by atoms with van der Waals surface area (Å²) in [4.78, 5) is 4.65. The van der Waals surface area contributed by atoms with Crippen LogP contribution < -0.4 is 15.4 Å². The molecule has 4 rings (SSSR count). The zero-order chi connectivity index (χ0) is 16.2. The predicted molar refractivity (Wildman–Crippen MR) is 104 cm³/mol. The number of guanidine groups is 1. The lowest BCUT2D eigenvalue weighted by molar-refractivity contribution is 0.306. The molecule has 0 aliphatic carbocycles. The van der Waals surface area contributed by atoms with E-state index in [1.165, 1.54) is 11.1 Å². The molecule has 5 heteroatoms. The van der Waals surface area contributed by atoms with E-state index in [-0.39, 0.29) is 12.4 Å². The van der Waals surface area contributed by atoms with Crippen molar-refractivity contribution < 1.29 is 4.74 Å². The summed E-state index contributed by atoms with van der Waals surface area (Å²) in [7, 11) is 0. The van der Waals surface area contributed by atoms with E-state index in [0.29, 0.717) is 12.1 Å². The van der Waals surface area contributed by atoms with E-state index < -0.39 is 0 Å². The van der Waals surface area contributed by atoms with Crippen LogP contribution in [0.25, 0.3) is 0 Å². The Morgan fingerprint density at radius 2 is 1.88 bits per heavy atom. The highest BCUT2D eigenvalue weighted by molar-refractivity contribution is 5.85. The fourth-order valence-electron chi connectivity index (χ4n) is 3.40. The van der Waals surface area contributed by atoms with Gasteiger partial charge in [0.05, 0.1) is 19.2 Å². The molecule has 0 fully saturated rings. The molecule has 2 aromatic rings. The van der Waals surface area contributed by atoms with E-state index in [9.17, 15) is 0 Å². The van der Waals surface area contributed by atoms with E-state index in [4.69, 9.17) is 4.74 Å². The Bertz CT molecular complexity index is 720. The predicted octanol–water partition coefficient (Wildman–Crippen LogP) is 2.96. The number of aliphatic imine (C=N–C) groups is 1. The van der Waals surface area contributed by atoms with Gasteiger partial charge >= 0.3 is 0 Å². The van der Waals surface area contributed by atoms with Gasteiger partial charge in [-0.1, -0.05) is 48.5 Å². The average molecular weight is 358 g/mol. The molecule has 25 heavy (non-hydrogen) atoms. The van der Waals surface area contributed by atoms with Gasteiger partial charge in [-0.3, -0.25) is 4.99 Å². The maximum Gasteiger partial charge on any atom is 0.191 e. The lowest BCUT2D eigenvalue weighted by Gasteiger charge is -2.19. The first-order chi connectivity index (χ1) is 11.9. The second-order valence-electron chi connectivity index (χ2n) is 6.51. The monoisotopic (exact) mass is 357 g/mol. The molecule has 0 radical (unpaired) electrons. The number of hydrogen-bond acceptors (Lipinski definition) is 4. The molecule has 132 valence electrons. The van der Waals surface area contributed by atoms with Crippen LogP contribution in [-0.2, 0) is 12.8 Å². The Balaban J connectivity index is 0.00000182. The summed E-state index contributed by atoms with van der Waals surface area (Å²) < 4.78 is 5.84. The topological polar surface area (TPSA) is 45.7 Å². The van der Waals surface area contributed by atoms with Crippen LogP contribution in [-0.4, -0.2) is 31.2 Å². The Morgan fingerprint density at radius 1 is 1.08 bits per heavy atom. The maximum absolute atomic E-state index is 5.84. The first-order valence-corrected chi connectivity index (χ1v) is 8.69. The van der Waals surface area contributed by atoms with Gasteiger partial charge in [0, 0.05) is 12.5 Å². The number of nitrogens with one attached hydrogen (secondary N) is 2. The van der Waals surface area contributed by atoms with Gasteiger partial charge in [0.1, 0.15) is 5.75 Å². The van der Waals surface area contributed by atoms with Gasteiger partial charge in [-0.25, -0.2) is 0 Å². The average Bonchev–Trinajstić information content (AvgIpc) is 2.93. The Morgan fingerprint density at radius 3 is 2.76 bits per heavy atom. The maximum atomic E-state index is 5.84. The highest BCUT2D eigenvalue weighted by Gasteiger charge is 2.22. The highest BCUT2D eigenvalue weighted by atomic mass is 35.5. The van der Waals surface area contributed by atoms with Gasteiger partial charge in [0.15, 0.2) is 5.96 Å². The highest BCUT2D eigenvalue weighted by Crippen LogP contribution is 2.23.